The summed E-state index contributed by atoms with van der Waals surface area (Å²) in [5, 5.41) is 0.458. The van der Waals surface area contributed by atoms with Gasteiger partial charge in [0.2, 0.25) is 0 Å². The number of carbonyl (C=O) groups excluding carboxylic acids is 1. The van der Waals surface area contributed by atoms with Crippen LogP contribution in [0.2, 0.25) is 5.02 Å². The third-order valence-electron chi connectivity index (χ3n) is 3.92. The van der Waals surface area contributed by atoms with Crippen LogP contribution in [0.1, 0.15) is 18.1 Å². The molecule has 0 heterocycles. The van der Waals surface area contributed by atoms with Gasteiger partial charge >= 0.3 is 5.97 Å². The van der Waals surface area contributed by atoms with Crippen LogP contribution < -0.4 is 9.47 Å². The van der Waals surface area contributed by atoms with Gasteiger partial charge in [-0.1, -0.05) is 41.9 Å². The van der Waals surface area contributed by atoms with E-state index in [1.54, 1.807) is 20.3 Å². The molecule has 0 amide bonds. The van der Waals surface area contributed by atoms with Gasteiger partial charge < -0.3 is 14.2 Å². The number of methoxy groups -OCH3 is 2. The average molecular weight is 363 g/mol. The molecule has 0 saturated carbocycles. The maximum absolute atomic E-state index is 12.4. The van der Waals surface area contributed by atoms with Crippen LogP contribution in [0.3, 0.4) is 0 Å². The summed E-state index contributed by atoms with van der Waals surface area (Å²) in [6, 6.07) is 13.6. The number of rotatable bonds is 8. The zero-order valence-corrected chi connectivity index (χ0v) is 15.5. The number of hydrogen-bond acceptors (Lipinski definition) is 4. The predicted molar refractivity (Wildman–Crippen MR) is 98.5 cm³/mol. The Morgan fingerprint density at radius 2 is 1.72 bits per heavy atom. The first kappa shape index (κ1) is 19.1. The Labute approximate surface area is 153 Å². The minimum atomic E-state index is -0.295. The first-order chi connectivity index (χ1) is 12.1. The average Bonchev–Trinajstić information content (AvgIpc) is 2.61. The normalized spacial score (nSPS) is 11.7. The Morgan fingerprint density at radius 3 is 2.32 bits per heavy atom. The van der Waals surface area contributed by atoms with Crippen LogP contribution in [0, 0.1) is 5.92 Å². The molecule has 4 nitrogen and oxygen atoms in total. The van der Waals surface area contributed by atoms with Gasteiger partial charge in [-0.3, -0.25) is 4.79 Å². The number of carbonyl (C=O) groups is 1. The van der Waals surface area contributed by atoms with Crippen LogP contribution in [-0.2, 0) is 22.4 Å². The van der Waals surface area contributed by atoms with E-state index in [2.05, 4.69) is 0 Å². The minimum Gasteiger partial charge on any atom is -0.493 e. The van der Waals surface area contributed by atoms with Gasteiger partial charge in [-0.15, -0.1) is 0 Å². The maximum Gasteiger partial charge on any atom is 0.309 e. The molecular formula is C20H23ClO4. The number of hydrogen-bond donors (Lipinski definition) is 0. The second-order valence-corrected chi connectivity index (χ2v) is 6.06. The zero-order valence-electron chi connectivity index (χ0n) is 14.8. The second-order valence-electron chi connectivity index (χ2n) is 5.66. The number of esters is 1. The molecule has 2 rings (SSSR count). The van der Waals surface area contributed by atoms with E-state index in [9.17, 15) is 4.79 Å². The van der Waals surface area contributed by atoms with Crippen LogP contribution in [0.25, 0.3) is 0 Å². The third kappa shape index (κ3) is 5.13. The number of ether oxygens (including phenoxy) is 3. The topological polar surface area (TPSA) is 44.8 Å². The smallest absolute Gasteiger partial charge is 0.309 e. The lowest BCUT2D eigenvalue weighted by Gasteiger charge is -2.17. The molecule has 1 unspecified atom stereocenters. The fourth-order valence-electron chi connectivity index (χ4n) is 2.77. The Bertz CT molecular complexity index is 700. The third-order valence-corrected chi connectivity index (χ3v) is 4.20. The molecule has 1 atom stereocenters. The number of benzene rings is 2. The van der Waals surface area contributed by atoms with E-state index in [1.165, 1.54) is 0 Å². The number of halogens is 1. The summed E-state index contributed by atoms with van der Waals surface area (Å²) in [6.45, 7) is 2.17. The summed E-state index contributed by atoms with van der Waals surface area (Å²) in [6.07, 6.45) is 1.11. The predicted octanol–water partition coefficient (Wildman–Crippen LogP) is 4.32. The van der Waals surface area contributed by atoms with E-state index in [1.807, 2.05) is 43.3 Å². The fourth-order valence-corrected chi connectivity index (χ4v) is 3.08. The van der Waals surface area contributed by atoms with Crippen molar-refractivity contribution in [3.63, 3.8) is 0 Å². The molecule has 0 fully saturated rings. The molecule has 0 aliphatic carbocycles. The summed E-state index contributed by atoms with van der Waals surface area (Å²) in [7, 11) is 3.10. The Hall–Kier alpha value is -2.20. The quantitative estimate of drug-likeness (QED) is 0.656. The van der Waals surface area contributed by atoms with Crippen molar-refractivity contribution in [3.05, 3.63) is 58.6 Å². The van der Waals surface area contributed by atoms with Gasteiger partial charge in [0.1, 0.15) is 0 Å². The zero-order chi connectivity index (χ0) is 18.2. The minimum absolute atomic E-state index is 0.211. The van der Waals surface area contributed by atoms with Gasteiger partial charge in [0.25, 0.3) is 0 Å². The van der Waals surface area contributed by atoms with E-state index in [0.717, 1.165) is 11.1 Å². The van der Waals surface area contributed by atoms with Crippen molar-refractivity contribution in [2.45, 2.75) is 19.8 Å². The molecule has 2 aromatic rings. The SMILES string of the molecule is CCOC(=O)C(Cc1ccccc1)Cc1cc(Cl)c(OC)c(OC)c1. The highest BCUT2D eigenvalue weighted by Crippen LogP contribution is 2.36. The molecule has 0 N–H and O–H groups in total. The van der Waals surface area contributed by atoms with Crippen molar-refractivity contribution in [2.75, 3.05) is 20.8 Å². The van der Waals surface area contributed by atoms with Crippen molar-refractivity contribution in [2.24, 2.45) is 5.92 Å². The summed E-state index contributed by atoms with van der Waals surface area (Å²) in [4.78, 5) is 12.4. The van der Waals surface area contributed by atoms with E-state index in [0.29, 0.717) is 36.0 Å². The lowest BCUT2D eigenvalue weighted by Crippen LogP contribution is -2.22. The van der Waals surface area contributed by atoms with Crippen LogP contribution in [0.15, 0.2) is 42.5 Å². The second kappa shape index (κ2) is 9.33. The van der Waals surface area contributed by atoms with Gasteiger partial charge in [-0.25, -0.2) is 0 Å². The van der Waals surface area contributed by atoms with Gasteiger partial charge in [-0.2, -0.15) is 0 Å². The Balaban J connectivity index is 2.26. The summed E-state index contributed by atoms with van der Waals surface area (Å²) >= 11 is 6.28. The van der Waals surface area contributed by atoms with Crippen molar-refractivity contribution >= 4 is 17.6 Å². The maximum atomic E-state index is 12.4. The van der Waals surface area contributed by atoms with E-state index < -0.39 is 0 Å². The molecule has 0 aromatic heterocycles. The summed E-state index contributed by atoms with van der Waals surface area (Å²) in [5.74, 6) is 0.532. The molecule has 2 aromatic carbocycles. The van der Waals surface area contributed by atoms with Crippen molar-refractivity contribution in [3.8, 4) is 11.5 Å². The molecule has 0 radical (unpaired) electrons. The monoisotopic (exact) mass is 362 g/mol. The Morgan fingerprint density at radius 1 is 1.04 bits per heavy atom. The first-order valence-electron chi connectivity index (χ1n) is 8.20. The van der Waals surface area contributed by atoms with Gasteiger partial charge in [0.05, 0.1) is 31.8 Å². The molecule has 134 valence electrons. The molecular weight excluding hydrogens is 340 g/mol. The van der Waals surface area contributed by atoms with Gasteiger partial charge in [0.15, 0.2) is 11.5 Å². The van der Waals surface area contributed by atoms with Gasteiger partial charge in [-0.05, 0) is 43.0 Å². The summed E-state index contributed by atoms with van der Waals surface area (Å²) < 4.78 is 15.9. The largest absolute Gasteiger partial charge is 0.493 e. The van der Waals surface area contributed by atoms with Crippen molar-refractivity contribution in [1.29, 1.82) is 0 Å². The molecule has 5 heteroatoms. The van der Waals surface area contributed by atoms with E-state index >= 15 is 0 Å². The summed E-state index contributed by atoms with van der Waals surface area (Å²) in [5.41, 5.74) is 1.99. The van der Waals surface area contributed by atoms with Gasteiger partial charge in [0, 0.05) is 0 Å². The lowest BCUT2D eigenvalue weighted by atomic mass is 9.92. The first-order valence-corrected chi connectivity index (χ1v) is 8.57. The molecule has 0 saturated heterocycles. The molecule has 25 heavy (non-hydrogen) atoms. The highest BCUT2D eigenvalue weighted by molar-refractivity contribution is 6.32. The molecule has 0 aliphatic rings. The lowest BCUT2D eigenvalue weighted by molar-refractivity contribution is -0.147. The van der Waals surface area contributed by atoms with Crippen LogP contribution in [0.4, 0.5) is 0 Å². The molecule has 0 spiro atoms. The highest BCUT2D eigenvalue weighted by Gasteiger charge is 2.22. The van der Waals surface area contributed by atoms with Crippen molar-refractivity contribution in [1.82, 2.24) is 0 Å². The van der Waals surface area contributed by atoms with Crippen LogP contribution in [-0.4, -0.2) is 26.8 Å². The highest BCUT2D eigenvalue weighted by atomic mass is 35.5. The van der Waals surface area contributed by atoms with E-state index in [4.69, 9.17) is 25.8 Å². The standard InChI is InChI=1S/C20H23ClO4/c1-4-25-20(22)16(10-14-8-6-5-7-9-14)11-15-12-17(21)19(24-3)18(13-15)23-2/h5-9,12-13,16H,4,10-11H2,1-3H3. The molecule has 0 aliphatic heterocycles. The van der Waals surface area contributed by atoms with Crippen LogP contribution >= 0.6 is 11.6 Å². The van der Waals surface area contributed by atoms with E-state index in [-0.39, 0.29) is 11.9 Å². The molecule has 0 bridgehead atoms. The van der Waals surface area contributed by atoms with Crippen molar-refractivity contribution < 1.29 is 19.0 Å². The van der Waals surface area contributed by atoms with Crippen LogP contribution in [0.5, 0.6) is 11.5 Å². The fraction of sp³-hybridized carbons (Fsp3) is 0.350. The Kier molecular flexibility index (Phi) is 7.14.